The molecule has 0 aliphatic rings. The summed E-state index contributed by atoms with van der Waals surface area (Å²) in [6, 6.07) is 6.47. The summed E-state index contributed by atoms with van der Waals surface area (Å²) in [4.78, 5) is 11.9. The minimum Gasteiger partial charge on any atom is -0.298 e. The molecule has 0 bridgehead atoms. The molecule has 0 fully saturated rings. The maximum absolute atomic E-state index is 11.9. The molecule has 1 aromatic heterocycles. The van der Waals surface area contributed by atoms with E-state index in [9.17, 15) is 4.79 Å². The van der Waals surface area contributed by atoms with Gasteiger partial charge in [0.1, 0.15) is 5.82 Å². The van der Waals surface area contributed by atoms with Crippen LogP contribution in [0.3, 0.4) is 0 Å². The monoisotopic (exact) mass is 327 g/mol. The van der Waals surface area contributed by atoms with E-state index in [1.807, 2.05) is 0 Å². The van der Waals surface area contributed by atoms with Crippen LogP contribution in [0.5, 0.6) is 0 Å². The van der Waals surface area contributed by atoms with E-state index in [0.29, 0.717) is 21.2 Å². The molecule has 0 spiro atoms. The number of benzene rings is 1. The predicted molar refractivity (Wildman–Crippen MR) is 83.0 cm³/mol. The molecule has 1 heterocycles. The molecule has 6 nitrogen and oxygen atoms in total. The number of nitrogens with one attached hydrogen (secondary N) is 3. The van der Waals surface area contributed by atoms with Crippen molar-refractivity contribution in [3.63, 3.8) is 0 Å². The summed E-state index contributed by atoms with van der Waals surface area (Å²) in [5, 5.41) is 9.72. The van der Waals surface area contributed by atoms with Gasteiger partial charge >= 0.3 is 0 Å². The van der Waals surface area contributed by atoms with Crippen molar-refractivity contribution >= 4 is 47.1 Å². The number of nitrogens with zero attached hydrogens (tertiary/aromatic N) is 2. The predicted octanol–water partition coefficient (Wildman–Crippen LogP) is 2.16. The lowest BCUT2D eigenvalue weighted by molar-refractivity contribution is 0.0977. The van der Waals surface area contributed by atoms with Crippen LogP contribution in [0.4, 0.5) is 0 Å². The average molecular weight is 328 g/mol. The third kappa shape index (κ3) is 3.41. The van der Waals surface area contributed by atoms with Crippen LogP contribution >= 0.6 is 36.0 Å². The molecular weight excluding hydrogens is 318 g/mol. The summed E-state index contributed by atoms with van der Waals surface area (Å²) in [6.07, 6.45) is 0. The number of aromatic nitrogens is 3. The van der Waals surface area contributed by atoms with Crippen molar-refractivity contribution in [3.05, 3.63) is 45.4 Å². The molecule has 3 N–H and O–H groups in total. The van der Waals surface area contributed by atoms with Gasteiger partial charge in [-0.2, -0.15) is 5.10 Å². The first-order chi connectivity index (χ1) is 9.47. The molecule has 9 heteroatoms. The van der Waals surface area contributed by atoms with Crippen molar-refractivity contribution in [2.45, 2.75) is 6.92 Å². The molecule has 0 unspecified atom stereocenters. The number of thiocarbonyl (C=S) groups is 1. The number of halogens is 1. The maximum Gasteiger partial charge on any atom is 0.257 e. The van der Waals surface area contributed by atoms with Gasteiger partial charge in [0.15, 0.2) is 5.11 Å². The van der Waals surface area contributed by atoms with Gasteiger partial charge < -0.3 is 0 Å². The fourth-order valence-corrected chi connectivity index (χ4v) is 1.95. The van der Waals surface area contributed by atoms with Crippen LogP contribution in [-0.2, 0) is 0 Å². The van der Waals surface area contributed by atoms with E-state index in [-0.39, 0.29) is 11.0 Å². The van der Waals surface area contributed by atoms with Crippen LogP contribution in [0.1, 0.15) is 16.2 Å². The second kappa shape index (κ2) is 6.12. The molecule has 2 rings (SSSR count). The summed E-state index contributed by atoms with van der Waals surface area (Å²) in [5.41, 5.74) is 3.21. The van der Waals surface area contributed by atoms with E-state index in [1.54, 1.807) is 31.2 Å². The van der Waals surface area contributed by atoms with Crippen LogP contribution in [0.15, 0.2) is 24.3 Å². The summed E-state index contributed by atoms with van der Waals surface area (Å²) in [7, 11) is 0. The van der Waals surface area contributed by atoms with E-state index in [1.165, 1.54) is 4.68 Å². The van der Waals surface area contributed by atoms with Gasteiger partial charge in [-0.3, -0.25) is 20.6 Å². The molecule has 0 saturated carbocycles. The molecule has 0 aliphatic heterocycles. The highest BCUT2D eigenvalue weighted by molar-refractivity contribution is 7.80. The van der Waals surface area contributed by atoms with E-state index in [2.05, 4.69) is 20.9 Å². The maximum atomic E-state index is 11.9. The normalized spacial score (nSPS) is 10.1. The number of amides is 1. The minimum atomic E-state index is -0.341. The van der Waals surface area contributed by atoms with E-state index in [4.69, 9.17) is 36.0 Å². The van der Waals surface area contributed by atoms with Crippen molar-refractivity contribution in [2.24, 2.45) is 0 Å². The first kappa shape index (κ1) is 14.6. The number of aryl methyl sites for hydroxylation is 1. The number of aromatic amines is 1. The van der Waals surface area contributed by atoms with Gasteiger partial charge in [-0.1, -0.05) is 11.6 Å². The van der Waals surface area contributed by atoms with Crippen molar-refractivity contribution < 1.29 is 4.79 Å². The zero-order chi connectivity index (χ0) is 14.7. The van der Waals surface area contributed by atoms with Crippen molar-refractivity contribution in [1.29, 1.82) is 0 Å². The van der Waals surface area contributed by atoms with Crippen molar-refractivity contribution in [2.75, 3.05) is 5.43 Å². The van der Waals surface area contributed by atoms with Crippen molar-refractivity contribution in [1.82, 2.24) is 20.2 Å². The highest BCUT2D eigenvalue weighted by Gasteiger charge is 2.09. The zero-order valence-electron chi connectivity index (χ0n) is 10.3. The molecule has 0 aliphatic carbocycles. The third-order valence-corrected chi connectivity index (χ3v) is 3.11. The number of H-pyrrole nitrogens is 1. The summed E-state index contributed by atoms with van der Waals surface area (Å²) in [6.45, 7) is 1.74. The topological polar surface area (TPSA) is 74.7 Å². The molecule has 0 saturated heterocycles. The van der Waals surface area contributed by atoms with Crippen LogP contribution < -0.4 is 10.7 Å². The number of rotatable bonds is 2. The Balaban J connectivity index is 2.03. The van der Waals surface area contributed by atoms with Gasteiger partial charge in [0.25, 0.3) is 5.91 Å². The first-order valence-electron chi connectivity index (χ1n) is 5.49. The van der Waals surface area contributed by atoms with Gasteiger partial charge in [0.05, 0.1) is 0 Å². The number of carbonyl (C=O) groups excluding carboxylic acids is 1. The molecule has 1 amide bonds. The molecule has 104 valence electrons. The lowest BCUT2D eigenvalue weighted by Crippen LogP contribution is -2.38. The Bertz CT molecular complexity index is 706. The Kier molecular flexibility index (Phi) is 4.48. The Morgan fingerprint density at radius 3 is 2.60 bits per heavy atom. The van der Waals surface area contributed by atoms with Crippen LogP contribution in [0, 0.1) is 11.7 Å². The number of carbonyl (C=O) groups is 1. The lowest BCUT2D eigenvalue weighted by Gasteiger charge is -2.10. The van der Waals surface area contributed by atoms with Gasteiger partial charge in [0.2, 0.25) is 4.77 Å². The zero-order valence-corrected chi connectivity index (χ0v) is 12.7. The minimum absolute atomic E-state index is 0.116. The fraction of sp³-hybridized carbons (Fsp3) is 0.0909. The molecule has 0 radical (unpaired) electrons. The SMILES string of the molecule is Cc1n[nH]c(=S)n1NC(=S)NC(=O)c1ccc(Cl)cc1. The Hall–Kier alpha value is -1.77. The van der Waals surface area contributed by atoms with E-state index < -0.39 is 0 Å². The van der Waals surface area contributed by atoms with Crippen LogP contribution in [0.2, 0.25) is 5.02 Å². The molecular formula is C11H10ClN5OS2. The molecule has 2 aromatic rings. The fourth-order valence-electron chi connectivity index (χ4n) is 1.41. The smallest absolute Gasteiger partial charge is 0.257 e. The highest BCUT2D eigenvalue weighted by atomic mass is 35.5. The second-order valence-corrected chi connectivity index (χ2v) is 5.04. The Morgan fingerprint density at radius 2 is 2.05 bits per heavy atom. The van der Waals surface area contributed by atoms with Crippen molar-refractivity contribution in [3.8, 4) is 0 Å². The summed E-state index contributed by atoms with van der Waals surface area (Å²) >= 11 is 15.8. The number of hydrogen-bond acceptors (Lipinski definition) is 4. The second-order valence-electron chi connectivity index (χ2n) is 3.81. The van der Waals surface area contributed by atoms with E-state index in [0.717, 1.165) is 0 Å². The third-order valence-electron chi connectivity index (χ3n) is 2.39. The van der Waals surface area contributed by atoms with Crippen LogP contribution in [-0.4, -0.2) is 25.9 Å². The summed E-state index contributed by atoms with van der Waals surface area (Å²) in [5.74, 6) is 0.255. The standard InChI is InChI=1S/C11H10ClN5OS2/c1-6-14-15-11(20)17(6)16-10(19)13-9(18)7-2-4-8(12)5-3-7/h2-5H,1H3,(H,15,20)(H2,13,16,18,19). The van der Waals surface area contributed by atoms with Gasteiger partial charge in [-0.05, 0) is 55.6 Å². The largest absolute Gasteiger partial charge is 0.298 e. The summed E-state index contributed by atoms with van der Waals surface area (Å²) < 4.78 is 1.81. The lowest BCUT2D eigenvalue weighted by atomic mass is 10.2. The number of hydrogen-bond donors (Lipinski definition) is 3. The van der Waals surface area contributed by atoms with E-state index >= 15 is 0 Å². The average Bonchev–Trinajstić information content (AvgIpc) is 2.71. The van der Waals surface area contributed by atoms with Crippen LogP contribution in [0.25, 0.3) is 0 Å². The first-order valence-corrected chi connectivity index (χ1v) is 6.69. The molecule has 20 heavy (non-hydrogen) atoms. The Labute approximate surface area is 130 Å². The molecule has 0 atom stereocenters. The van der Waals surface area contributed by atoms with Gasteiger partial charge in [-0.25, -0.2) is 4.68 Å². The van der Waals surface area contributed by atoms with Gasteiger partial charge in [-0.15, -0.1) is 0 Å². The quantitative estimate of drug-likeness (QED) is 0.737. The highest BCUT2D eigenvalue weighted by Crippen LogP contribution is 2.09. The Morgan fingerprint density at radius 1 is 1.40 bits per heavy atom. The van der Waals surface area contributed by atoms with Gasteiger partial charge in [0, 0.05) is 10.6 Å². The molecule has 1 aromatic carbocycles.